The van der Waals surface area contributed by atoms with Gasteiger partial charge >= 0.3 is 0 Å². The molecule has 0 spiro atoms. The van der Waals surface area contributed by atoms with Gasteiger partial charge in [0.2, 0.25) is 5.95 Å². The molecule has 0 aromatic carbocycles. The molecule has 1 N–H and O–H groups in total. The van der Waals surface area contributed by atoms with Crippen LogP contribution in [-0.4, -0.2) is 35.2 Å². The van der Waals surface area contributed by atoms with E-state index in [1.807, 2.05) is 0 Å². The third kappa shape index (κ3) is 2.85. The molecule has 4 nitrogen and oxygen atoms in total. The maximum atomic E-state index is 4.92. The lowest BCUT2D eigenvalue weighted by Gasteiger charge is -2.35. The lowest BCUT2D eigenvalue weighted by molar-refractivity contribution is 0.350. The van der Waals surface area contributed by atoms with E-state index in [1.54, 1.807) is 0 Å². The van der Waals surface area contributed by atoms with E-state index in [9.17, 15) is 0 Å². The van der Waals surface area contributed by atoms with Crippen LogP contribution in [0.15, 0.2) is 6.20 Å². The summed E-state index contributed by atoms with van der Waals surface area (Å²) in [5.74, 6) is 1.22. The highest BCUT2D eigenvalue weighted by atomic mass is 15.3. The number of piperazine rings is 1. The van der Waals surface area contributed by atoms with E-state index in [0.29, 0.717) is 12.1 Å². The van der Waals surface area contributed by atoms with Gasteiger partial charge in [-0.05, 0) is 26.2 Å². The standard InChI is InChI=1S/C16H28N4/c1-3-14-12-20(15-7-5-4-6-8-15)16(18-14)19-10-9-17-13(2)11-19/h12-13,15,17H,3-11H2,1-2H3/t13-/m1/s1. The van der Waals surface area contributed by atoms with Crippen molar-refractivity contribution in [2.24, 2.45) is 0 Å². The van der Waals surface area contributed by atoms with Crippen LogP contribution in [0.4, 0.5) is 5.95 Å². The van der Waals surface area contributed by atoms with E-state index in [2.05, 4.69) is 34.8 Å². The van der Waals surface area contributed by atoms with E-state index in [0.717, 1.165) is 26.1 Å². The number of hydrogen-bond acceptors (Lipinski definition) is 3. The van der Waals surface area contributed by atoms with Gasteiger partial charge in [-0.3, -0.25) is 0 Å². The summed E-state index contributed by atoms with van der Waals surface area (Å²) in [6.45, 7) is 7.70. The normalized spacial score (nSPS) is 25.1. The monoisotopic (exact) mass is 276 g/mol. The second-order valence-corrected chi connectivity index (χ2v) is 6.39. The molecule has 0 radical (unpaired) electrons. The number of imidazole rings is 1. The van der Waals surface area contributed by atoms with E-state index in [1.165, 1.54) is 43.7 Å². The Bertz CT molecular complexity index is 434. The molecule has 20 heavy (non-hydrogen) atoms. The van der Waals surface area contributed by atoms with Gasteiger partial charge in [0.25, 0.3) is 0 Å². The summed E-state index contributed by atoms with van der Waals surface area (Å²) < 4.78 is 2.50. The molecule has 0 bridgehead atoms. The average Bonchev–Trinajstić information content (AvgIpc) is 2.92. The summed E-state index contributed by atoms with van der Waals surface area (Å²) in [6, 6.07) is 1.24. The van der Waals surface area contributed by atoms with E-state index < -0.39 is 0 Å². The van der Waals surface area contributed by atoms with Crippen molar-refractivity contribution < 1.29 is 0 Å². The molecular formula is C16H28N4. The van der Waals surface area contributed by atoms with Crippen molar-refractivity contribution in [2.75, 3.05) is 24.5 Å². The van der Waals surface area contributed by atoms with Gasteiger partial charge in [0.05, 0.1) is 5.69 Å². The summed E-state index contributed by atoms with van der Waals surface area (Å²) >= 11 is 0. The molecular weight excluding hydrogens is 248 g/mol. The number of anilines is 1. The molecule has 1 atom stereocenters. The fourth-order valence-electron chi connectivity index (χ4n) is 3.58. The molecule has 1 aromatic heterocycles. The second kappa shape index (κ2) is 6.17. The second-order valence-electron chi connectivity index (χ2n) is 6.39. The van der Waals surface area contributed by atoms with Crippen molar-refractivity contribution in [1.29, 1.82) is 0 Å². The van der Waals surface area contributed by atoms with Gasteiger partial charge in [0.1, 0.15) is 0 Å². The third-order valence-electron chi connectivity index (χ3n) is 4.74. The molecule has 1 aliphatic heterocycles. The van der Waals surface area contributed by atoms with E-state index >= 15 is 0 Å². The number of rotatable bonds is 3. The molecule has 2 heterocycles. The topological polar surface area (TPSA) is 33.1 Å². The quantitative estimate of drug-likeness (QED) is 0.921. The van der Waals surface area contributed by atoms with Crippen LogP contribution in [0.1, 0.15) is 57.7 Å². The van der Waals surface area contributed by atoms with Gasteiger partial charge in [-0.2, -0.15) is 0 Å². The van der Waals surface area contributed by atoms with Crippen molar-refractivity contribution >= 4 is 5.95 Å². The molecule has 1 saturated carbocycles. The van der Waals surface area contributed by atoms with Crippen LogP contribution in [0.3, 0.4) is 0 Å². The number of nitrogens with one attached hydrogen (secondary N) is 1. The highest BCUT2D eigenvalue weighted by Gasteiger charge is 2.25. The molecule has 1 aliphatic carbocycles. The van der Waals surface area contributed by atoms with Crippen LogP contribution in [-0.2, 0) is 6.42 Å². The Kier molecular flexibility index (Phi) is 4.29. The SMILES string of the molecule is CCc1cn(C2CCCCC2)c(N2CCN[C@H](C)C2)n1. The zero-order valence-corrected chi connectivity index (χ0v) is 12.9. The minimum Gasteiger partial charge on any atom is -0.339 e. The Morgan fingerprint density at radius 2 is 2.10 bits per heavy atom. The van der Waals surface area contributed by atoms with Crippen LogP contribution in [0, 0.1) is 0 Å². The molecule has 3 rings (SSSR count). The fourth-order valence-corrected chi connectivity index (χ4v) is 3.58. The van der Waals surface area contributed by atoms with Crippen LogP contribution in [0.2, 0.25) is 0 Å². The van der Waals surface area contributed by atoms with Crippen molar-refractivity contribution in [3.05, 3.63) is 11.9 Å². The smallest absolute Gasteiger partial charge is 0.206 e. The molecule has 4 heteroatoms. The van der Waals surface area contributed by atoms with Crippen molar-refractivity contribution in [1.82, 2.24) is 14.9 Å². The Hall–Kier alpha value is -1.03. The van der Waals surface area contributed by atoms with Gasteiger partial charge in [0.15, 0.2) is 0 Å². The molecule has 112 valence electrons. The zero-order chi connectivity index (χ0) is 13.9. The highest BCUT2D eigenvalue weighted by molar-refractivity contribution is 5.35. The Balaban J connectivity index is 1.85. The minimum atomic E-state index is 0.560. The average molecular weight is 276 g/mol. The van der Waals surface area contributed by atoms with E-state index in [4.69, 9.17) is 4.98 Å². The molecule has 0 amide bonds. The summed E-state index contributed by atoms with van der Waals surface area (Å²) in [5, 5.41) is 3.52. The predicted octanol–water partition coefficient (Wildman–Crippen LogP) is 2.75. The minimum absolute atomic E-state index is 0.560. The first-order valence-corrected chi connectivity index (χ1v) is 8.34. The predicted molar refractivity (Wildman–Crippen MR) is 83.4 cm³/mol. The summed E-state index contributed by atoms with van der Waals surface area (Å²) in [5.41, 5.74) is 1.25. The maximum absolute atomic E-state index is 4.92. The largest absolute Gasteiger partial charge is 0.339 e. The molecule has 1 aromatic rings. The van der Waals surface area contributed by atoms with Crippen molar-refractivity contribution in [3.63, 3.8) is 0 Å². The summed E-state index contributed by atoms with van der Waals surface area (Å²) in [6.07, 6.45) is 10.2. The fraction of sp³-hybridized carbons (Fsp3) is 0.812. The Morgan fingerprint density at radius 1 is 1.30 bits per heavy atom. The third-order valence-corrected chi connectivity index (χ3v) is 4.74. The number of aryl methyl sites for hydroxylation is 1. The molecule has 0 unspecified atom stereocenters. The van der Waals surface area contributed by atoms with Crippen LogP contribution < -0.4 is 10.2 Å². The van der Waals surface area contributed by atoms with E-state index in [-0.39, 0.29) is 0 Å². The van der Waals surface area contributed by atoms with Gasteiger partial charge in [0, 0.05) is 37.9 Å². The maximum Gasteiger partial charge on any atom is 0.206 e. The lowest BCUT2D eigenvalue weighted by Crippen LogP contribution is -2.50. The summed E-state index contributed by atoms with van der Waals surface area (Å²) in [4.78, 5) is 7.40. The molecule has 2 aliphatic rings. The number of hydrogen-bond donors (Lipinski definition) is 1. The molecule has 2 fully saturated rings. The number of nitrogens with zero attached hydrogens (tertiary/aromatic N) is 3. The zero-order valence-electron chi connectivity index (χ0n) is 12.9. The van der Waals surface area contributed by atoms with Crippen LogP contribution in [0.5, 0.6) is 0 Å². The van der Waals surface area contributed by atoms with Crippen LogP contribution in [0.25, 0.3) is 0 Å². The Labute approximate surface area is 122 Å². The summed E-state index contributed by atoms with van der Waals surface area (Å²) in [7, 11) is 0. The first-order chi connectivity index (χ1) is 9.78. The molecule has 1 saturated heterocycles. The lowest BCUT2D eigenvalue weighted by atomic mass is 9.95. The van der Waals surface area contributed by atoms with Crippen LogP contribution >= 0.6 is 0 Å². The van der Waals surface area contributed by atoms with Gasteiger partial charge < -0.3 is 14.8 Å². The highest BCUT2D eigenvalue weighted by Crippen LogP contribution is 2.32. The number of aromatic nitrogens is 2. The Morgan fingerprint density at radius 3 is 2.80 bits per heavy atom. The van der Waals surface area contributed by atoms with Crippen molar-refractivity contribution in [3.8, 4) is 0 Å². The van der Waals surface area contributed by atoms with Gasteiger partial charge in [-0.1, -0.05) is 26.2 Å². The van der Waals surface area contributed by atoms with Gasteiger partial charge in [-0.25, -0.2) is 4.98 Å². The van der Waals surface area contributed by atoms with Gasteiger partial charge in [-0.15, -0.1) is 0 Å². The first-order valence-electron chi connectivity index (χ1n) is 8.34. The first kappa shape index (κ1) is 13.9. The van der Waals surface area contributed by atoms with Crippen molar-refractivity contribution in [2.45, 2.75) is 64.5 Å².